The Labute approximate surface area is 297 Å². The van der Waals surface area contributed by atoms with E-state index in [1.807, 2.05) is 12.1 Å². The van der Waals surface area contributed by atoms with E-state index in [1.54, 1.807) is 0 Å². The third kappa shape index (κ3) is 4.62. The van der Waals surface area contributed by atoms with Crippen LogP contribution in [0.5, 0.6) is 0 Å². The molecule has 0 bridgehead atoms. The molecule has 0 spiro atoms. The molecule has 2 heterocycles. The maximum absolute atomic E-state index is 5.33. The van der Waals surface area contributed by atoms with Crippen molar-refractivity contribution in [1.82, 2.24) is 15.0 Å². The lowest BCUT2D eigenvalue weighted by Crippen LogP contribution is -2.14. The first-order chi connectivity index (χ1) is 25.0. The third-order valence-corrected chi connectivity index (χ3v) is 10.7. The molecule has 0 aliphatic heterocycles. The number of para-hydroxylation sites is 2. The Bertz CT molecular complexity index is 2820. The summed E-state index contributed by atoms with van der Waals surface area (Å²) in [7, 11) is 0. The molecule has 9 aromatic rings. The Morgan fingerprint density at radius 3 is 1.82 bits per heavy atom. The molecule has 51 heavy (non-hydrogen) atoms. The standard InChI is InChI=1S/C48H33N3/c1-48(2)39-20-9-6-17-35(39)44-40(48)28-27-38-43(44)36-18-7-10-21-41(36)49-46(38)33-15-12-16-34(29-33)47-50-42-22-11-8-19-37(42)45(51-47)32-25-23-31(24-26-32)30-13-4-3-5-14-30/h3-29H,1-2H3. The largest absolute Gasteiger partial charge is 0.247 e. The number of fused-ring (bicyclic) bond motifs is 8. The topological polar surface area (TPSA) is 38.7 Å². The van der Waals surface area contributed by atoms with Gasteiger partial charge in [-0.05, 0) is 51.6 Å². The predicted molar refractivity (Wildman–Crippen MR) is 212 cm³/mol. The second kappa shape index (κ2) is 11.3. The van der Waals surface area contributed by atoms with Gasteiger partial charge in [0.1, 0.15) is 0 Å². The molecule has 0 amide bonds. The van der Waals surface area contributed by atoms with Crippen molar-refractivity contribution in [2.24, 2.45) is 0 Å². The van der Waals surface area contributed by atoms with E-state index in [9.17, 15) is 0 Å². The predicted octanol–water partition coefficient (Wildman–Crippen LogP) is 12.3. The first-order valence-corrected chi connectivity index (χ1v) is 17.5. The average molecular weight is 652 g/mol. The molecule has 0 atom stereocenters. The number of aromatic nitrogens is 3. The number of hydrogen-bond acceptors (Lipinski definition) is 3. The molecule has 0 unspecified atom stereocenters. The quantitative estimate of drug-likeness (QED) is 0.178. The van der Waals surface area contributed by atoms with Crippen LogP contribution in [0.25, 0.3) is 88.7 Å². The Morgan fingerprint density at radius 1 is 0.392 bits per heavy atom. The molecule has 3 nitrogen and oxygen atoms in total. The monoisotopic (exact) mass is 651 g/mol. The summed E-state index contributed by atoms with van der Waals surface area (Å²) in [5.41, 5.74) is 14.5. The number of nitrogens with zero attached hydrogens (tertiary/aromatic N) is 3. The van der Waals surface area contributed by atoms with Gasteiger partial charge >= 0.3 is 0 Å². The molecule has 0 saturated heterocycles. The summed E-state index contributed by atoms with van der Waals surface area (Å²) in [6.45, 7) is 4.68. The van der Waals surface area contributed by atoms with Crippen molar-refractivity contribution in [2.45, 2.75) is 19.3 Å². The van der Waals surface area contributed by atoms with Crippen LogP contribution in [0, 0.1) is 0 Å². The van der Waals surface area contributed by atoms with Crippen molar-refractivity contribution in [3.05, 3.63) is 175 Å². The molecule has 240 valence electrons. The first kappa shape index (κ1) is 29.5. The van der Waals surface area contributed by atoms with Gasteiger partial charge in [0, 0.05) is 43.7 Å². The number of hydrogen-bond donors (Lipinski definition) is 0. The van der Waals surface area contributed by atoms with Crippen LogP contribution in [-0.4, -0.2) is 15.0 Å². The van der Waals surface area contributed by atoms with Crippen LogP contribution in [0.15, 0.2) is 164 Å². The highest BCUT2D eigenvalue weighted by atomic mass is 14.9. The van der Waals surface area contributed by atoms with Crippen LogP contribution >= 0.6 is 0 Å². The molecular weight excluding hydrogens is 619 g/mol. The molecule has 0 saturated carbocycles. The number of benzene rings is 7. The highest BCUT2D eigenvalue weighted by molar-refractivity contribution is 6.19. The van der Waals surface area contributed by atoms with Crippen LogP contribution in [0.3, 0.4) is 0 Å². The van der Waals surface area contributed by atoms with Crippen LogP contribution < -0.4 is 0 Å². The summed E-state index contributed by atoms with van der Waals surface area (Å²) < 4.78 is 0. The maximum Gasteiger partial charge on any atom is 0.160 e. The van der Waals surface area contributed by atoms with Gasteiger partial charge in [-0.25, -0.2) is 15.0 Å². The van der Waals surface area contributed by atoms with E-state index in [1.165, 1.54) is 44.2 Å². The van der Waals surface area contributed by atoms with Gasteiger partial charge in [-0.1, -0.05) is 159 Å². The highest BCUT2D eigenvalue weighted by Gasteiger charge is 2.36. The lowest BCUT2D eigenvalue weighted by molar-refractivity contribution is 0.661. The summed E-state index contributed by atoms with van der Waals surface area (Å²) in [4.78, 5) is 15.7. The first-order valence-electron chi connectivity index (χ1n) is 17.5. The third-order valence-electron chi connectivity index (χ3n) is 10.7. The Balaban J connectivity index is 1.15. The molecule has 10 rings (SSSR count). The fourth-order valence-electron chi connectivity index (χ4n) is 8.14. The average Bonchev–Trinajstić information content (AvgIpc) is 3.43. The molecule has 3 heteroatoms. The van der Waals surface area contributed by atoms with Crippen LogP contribution in [0.2, 0.25) is 0 Å². The Kier molecular flexibility index (Phi) is 6.53. The molecule has 0 N–H and O–H groups in total. The van der Waals surface area contributed by atoms with Gasteiger partial charge in [-0.3, -0.25) is 0 Å². The summed E-state index contributed by atoms with van der Waals surface area (Å²) >= 11 is 0. The van der Waals surface area contributed by atoms with E-state index in [2.05, 4.69) is 166 Å². The Hall–Kier alpha value is -6.45. The van der Waals surface area contributed by atoms with Crippen molar-refractivity contribution >= 4 is 32.6 Å². The van der Waals surface area contributed by atoms with E-state index in [0.29, 0.717) is 5.82 Å². The van der Waals surface area contributed by atoms with E-state index < -0.39 is 0 Å². The van der Waals surface area contributed by atoms with Gasteiger partial charge in [-0.2, -0.15) is 0 Å². The van der Waals surface area contributed by atoms with Gasteiger partial charge in [0.25, 0.3) is 0 Å². The SMILES string of the molecule is CC1(C)c2ccccc2-c2c1ccc1c(-c3cccc(-c4nc(-c5ccc(-c6ccccc6)cc5)c5ccccc5n4)c3)nc3ccccc3c21. The number of rotatable bonds is 4. The minimum Gasteiger partial charge on any atom is -0.247 e. The smallest absolute Gasteiger partial charge is 0.160 e. The molecular formula is C48H33N3. The summed E-state index contributed by atoms with van der Waals surface area (Å²) in [6.07, 6.45) is 0. The summed E-state index contributed by atoms with van der Waals surface area (Å²) in [5.74, 6) is 0.694. The van der Waals surface area contributed by atoms with Crippen molar-refractivity contribution in [2.75, 3.05) is 0 Å². The van der Waals surface area contributed by atoms with Crippen LogP contribution in [-0.2, 0) is 5.41 Å². The second-order valence-corrected chi connectivity index (χ2v) is 14.0. The van der Waals surface area contributed by atoms with Gasteiger partial charge in [0.15, 0.2) is 5.82 Å². The maximum atomic E-state index is 5.33. The van der Waals surface area contributed by atoms with Gasteiger partial charge < -0.3 is 0 Å². The normalized spacial score (nSPS) is 13.1. The zero-order valence-corrected chi connectivity index (χ0v) is 28.4. The molecule has 1 aliphatic carbocycles. The minimum absolute atomic E-state index is 0.0857. The lowest BCUT2D eigenvalue weighted by Gasteiger charge is -2.22. The second-order valence-electron chi connectivity index (χ2n) is 14.0. The molecule has 7 aromatic carbocycles. The molecule has 1 aliphatic rings. The van der Waals surface area contributed by atoms with E-state index in [0.717, 1.165) is 49.9 Å². The molecule has 0 fully saturated rings. The summed E-state index contributed by atoms with van der Waals surface area (Å²) in [5, 5.41) is 4.62. The van der Waals surface area contributed by atoms with Crippen LogP contribution in [0.4, 0.5) is 0 Å². The van der Waals surface area contributed by atoms with Gasteiger partial charge in [0.2, 0.25) is 0 Å². The van der Waals surface area contributed by atoms with E-state index in [-0.39, 0.29) is 5.41 Å². The van der Waals surface area contributed by atoms with E-state index in [4.69, 9.17) is 15.0 Å². The van der Waals surface area contributed by atoms with Crippen molar-refractivity contribution in [1.29, 1.82) is 0 Å². The minimum atomic E-state index is -0.0857. The fourth-order valence-corrected chi connectivity index (χ4v) is 8.14. The summed E-state index contributed by atoms with van der Waals surface area (Å²) in [6, 6.07) is 58.1. The molecule has 2 aromatic heterocycles. The zero-order valence-electron chi connectivity index (χ0n) is 28.4. The molecule has 0 radical (unpaired) electrons. The Morgan fingerprint density at radius 2 is 1.00 bits per heavy atom. The van der Waals surface area contributed by atoms with E-state index >= 15 is 0 Å². The zero-order chi connectivity index (χ0) is 34.1. The van der Waals surface area contributed by atoms with Crippen molar-refractivity contribution < 1.29 is 0 Å². The fraction of sp³-hybridized carbons (Fsp3) is 0.0625. The lowest BCUT2D eigenvalue weighted by atomic mass is 9.82. The van der Waals surface area contributed by atoms with Crippen molar-refractivity contribution in [3.8, 4) is 56.2 Å². The highest BCUT2D eigenvalue weighted by Crippen LogP contribution is 2.53. The van der Waals surface area contributed by atoms with Gasteiger partial charge in [0.05, 0.1) is 22.4 Å². The van der Waals surface area contributed by atoms with Crippen molar-refractivity contribution in [3.63, 3.8) is 0 Å². The van der Waals surface area contributed by atoms with Crippen LogP contribution in [0.1, 0.15) is 25.0 Å². The van der Waals surface area contributed by atoms with Gasteiger partial charge in [-0.15, -0.1) is 0 Å². The number of pyridine rings is 1.